The van der Waals surface area contributed by atoms with Gasteiger partial charge in [0.05, 0.1) is 17.1 Å². The lowest BCUT2D eigenvalue weighted by Crippen LogP contribution is -2.16. The first-order valence-corrected chi connectivity index (χ1v) is 10.1. The summed E-state index contributed by atoms with van der Waals surface area (Å²) in [5.74, 6) is -1.66. The molecule has 9 heteroatoms. The summed E-state index contributed by atoms with van der Waals surface area (Å²) >= 11 is 2.57. The molecule has 1 aromatic heterocycles. The van der Waals surface area contributed by atoms with Gasteiger partial charge in [-0.1, -0.05) is 30.0 Å². The molecule has 0 saturated heterocycles. The zero-order valence-electron chi connectivity index (χ0n) is 14.4. The molecular weight excluding hydrogens is 404 g/mol. The number of rotatable bonds is 7. The van der Waals surface area contributed by atoms with Crippen molar-refractivity contribution in [2.75, 3.05) is 11.1 Å². The van der Waals surface area contributed by atoms with E-state index in [2.05, 4.69) is 15.3 Å². The number of hydrogen-bond acceptors (Lipinski definition) is 5. The van der Waals surface area contributed by atoms with Crippen molar-refractivity contribution in [2.45, 2.75) is 15.8 Å². The number of anilines is 1. The molecule has 5 nitrogen and oxygen atoms in total. The maximum atomic E-state index is 13.6. The lowest BCUT2D eigenvalue weighted by atomic mass is 10.3. The molecule has 1 heterocycles. The van der Waals surface area contributed by atoms with E-state index in [1.165, 1.54) is 6.07 Å². The molecule has 0 bridgehead atoms. The van der Waals surface area contributed by atoms with Crippen LogP contribution < -0.4 is 10.9 Å². The molecule has 0 unspecified atom stereocenters. The highest BCUT2D eigenvalue weighted by molar-refractivity contribution is 7.99. The third-order valence-corrected chi connectivity index (χ3v) is 5.37. The minimum Gasteiger partial charge on any atom is -0.323 e. The Morgan fingerprint density at radius 1 is 1.07 bits per heavy atom. The van der Waals surface area contributed by atoms with Gasteiger partial charge in [-0.25, -0.2) is 13.8 Å². The van der Waals surface area contributed by atoms with Crippen LogP contribution in [-0.4, -0.2) is 21.6 Å². The summed E-state index contributed by atoms with van der Waals surface area (Å²) < 4.78 is 26.5. The Bertz CT molecular complexity index is 1030. The van der Waals surface area contributed by atoms with Crippen LogP contribution in [0.15, 0.2) is 69.4 Å². The summed E-state index contributed by atoms with van der Waals surface area (Å²) in [6.07, 6.45) is 0. The monoisotopic (exact) mass is 419 g/mol. The lowest BCUT2D eigenvalue weighted by Gasteiger charge is -2.07. The highest BCUT2D eigenvalue weighted by atomic mass is 32.2. The van der Waals surface area contributed by atoms with Crippen molar-refractivity contribution in [3.63, 3.8) is 0 Å². The van der Waals surface area contributed by atoms with Crippen molar-refractivity contribution >= 4 is 35.1 Å². The van der Waals surface area contributed by atoms with Gasteiger partial charge >= 0.3 is 0 Å². The number of amides is 1. The maximum absolute atomic E-state index is 13.6. The Morgan fingerprint density at radius 3 is 2.61 bits per heavy atom. The molecule has 2 aromatic carbocycles. The van der Waals surface area contributed by atoms with Crippen molar-refractivity contribution < 1.29 is 13.6 Å². The minimum absolute atomic E-state index is 0.0883. The number of H-pyrrole nitrogens is 1. The second-order valence-electron chi connectivity index (χ2n) is 5.60. The van der Waals surface area contributed by atoms with Gasteiger partial charge in [-0.3, -0.25) is 9.59 Å². The third-order valence-electron chi connectivity index (χ3n) is 3.45. The first kappa shape index (κ1) is 20.1. The number of thioether (sulfide) groups is 2. The molecule has 0 spiro atoms. The first-order valence-electron chi connectivity index (χ1n) is 8.15. The van der Waals surface area contributed by atoms with Gasteiger partial charge in [0.1, 0.15) is 11.6 Å². The van der Waals surface area contributed by atoms with Crippen molar-refractivity contribution in [3.8, 4) is 0 Å². The van der Waals surface area contributed by atoms with Crippen LogP contribution in [-0.2, 0) is 10.5 Å². The van der Waals surface area contributed by atoms with E-state index in [1.807, 2.05) is 30.3 Å². The number of benzene rings is 2. The van der Waals surface area contributed by atoms with Crippen LogP contribution in [0.5, 0.6) is 0 Å². The van der Waals surface area contributed by atoms with Gasteiger partial charge < -0.3 is 10.3 Å². The average Bonchev–Trinajstić information content (AvgIpc) is 2.67. The summed E-state index contributed by atoms with van der Waals surface area (Å²) in [5.41, 5.74) is 0.165. The number of nitrogens with one attached hydrogen (secondary N) is 2. The van der Waals surface area contributed by atoms with Crippen LogP contribution in [0.25, 0.3) is 0 Å². The fraction of sp³-hybridized carbons (Fsp3) is 0.105. The molecular formula is C19H15F2N3O2S2. The van der Waals surface area contributed by atoms with E-state index in [1.54, 1.807) is 11.8 Å². The van der Waals surface area contributed by atoms with Crippen molar-refractivity contribution in [1.29, 1.82) is 0 Å². The van der Waals surface area contributed by atoms with E-state index in [4.69, 9.17) is 0 Å². The molecule has 0 atom stereocenters. The fourth-order valence-corrected chi connectivity index (χ4v) is 3.72. The SMILES string of the molecule is O=C(CSc1nc(CSc2ccccc2)cc(=O)[nH]1)Nc1ccc(F)cc1F. The molecule has 2 N–H and O–H groups in total. The molecule has 3 aromatic rings. The van der Waals surface area contributed by atoms with E-state index in [9.17, 15) is 18.4 Å². The summed E-state index contributed by atoms with van der Waals surface area (Å²) in [7, 11) is 0. The lowest BCUT2D eigenvalue weighted by molar-refractivity contribution is -0.113. The second kappa shape index (κ2) is 9.52. The average molecular weight is 419 g/mol. The summed E-state index contributed by atoms with van der Waals surface area (Å²) in [4.78, 5) is 31.8. The third kappa shape index (κ3) is 5.93. The Kier molecular flexibility index (Phi) is 6.83. The Morgan fingerprint density at radius 2 is 1.86 bits per heavy atom. The van der Waals surface area contributed by atoms with E-state index in [-0.39, 0.29) is 17.0 Å². The molecule has 1 amide bonds. The van der Waals surface area contributed by atoms with Gasteiger partial charge in [0.25, 0.3) is 5.56 Å². The highest BCUT2D eigenvalue weighted by Crippen LogP contribution is 2.22. The number of aromatic amines is 1. The van der Waals surface area contributed by atoms with Crippen LogP contribution >= 0.6 is 23.5 Å². The number of carbonyl (C=O) groups is 1. The number of halogens is 2. The molecule has 0 aliphatic heterocycles. The zero-order chi connectivity index (χ0) is 19.9. The maximum Gasteiger partial charge on any atom is 0.251 e. The molecule has 0 radical (unpaired) electrons. The van der Waals surface area contributed by atoms with Gasteiger partial charge in [0.2, 0.25) is 5.91 Å². The van der Waals surface area contributed by atoms with Crippen LogP contribution in [0.1, 0.15) is 5.69 Å². The van der Waals surface area contributed by atoms with Crippen molar-refractivity contribution in [3.05, 3.63) is 82.3 Å². The van der Waals surface area contributed by atoms with Gasteiger partial charge in [-0.2, -0.15) is 0 Å². The summed E-state index contributed by atoms with van der Waals surface area (Å²) in [6.45, 7) is 0. The Labute approximate surface area is 168 Å². The van der Waals surface area contributed by atoms with Crippen LogP contribution in [0.2, 0.25) is 0 Å². The molecule has 3 rings (SSSR count). The van der Waals surface area contributed by atoms with Crippen molar-refractivity contribution in [1.82, 2.24) is 9.97 Å². The molecule has 144 valence electrons. The molecule has 28 heavy (non-hydrogen) atoms. The van der Waals surface area contributed by atoms with Gasteiger partial charge in [0.15, 0.2) is 5.16 Å². The molecule has 0 saturated carbocycles. The van der Waals surface area contributed by atoms with Crippen molar-refractivity contribution in [2.24, 2.45) is 0 Å². The van der Waals surface area contributed by atoms with E-state index < -0.39 is 17.5 Å². The van der Waals surface area contributed by atoms with Gasteiger partial charge in [0, 0.05) is 22.8 Å². The molecule has 0 aliphatic rings. The van der Waals surface area contributed by atoms with E-state index >= 15 is 0 Å². The number of aromatic nitrogens is 2. The number of carbonyl (C=O) groups excluding carboxylic acids is 1. The smallest absolute Gasteiger partial charge is 0.251 e. The van der Waals surface area contributed by atoms with E-state index in [0.717, 1.165) is 28.8 Å². The quantitative estimate of drug-likeness (QED) is 0.446. The predicted octanol–water partition coefficient (Wildman–Crippen LogP) is 4.07. The largest absolute Gasteiger partial charge is 0.323 e. The first-order chi connectivity index (χ1) is 13.5. The second-order valence-corrected chi connectivity index (χ2v) is 7.62. The standard InChI is InChI=1S/C19H15F2N3O2S2/c20-12-6-7-16(15(21)8-12)23-18(26)11-28-19-22-13(9-17(25)24-19)10-27-14-4-2-1-3-5-14/h1-9H,10-11H2,(H,23,26)(H,22,24,25). The van der Waals surface area contributed by atoms with E-state index in [0.29, 0.717) is 22.7 Å². The topological polar surface area (TPSA) is 74.8 Å². The normalized spacial score (nSPS) is 10.6. The minimum atomic E-state index is -0.857. The molecule has 0 aliphatic carbocycles. The predicted molar refractivity (Wildman–Crippen MR) is 107 cm³/mol. The van der Waals surface area contributed by atoms with Gasteiger partial charge in [-0.15, -0.1) is 11.8 Å². The zero-order valence-corrected chi connectivity index (χ0v) is 16.1. The summed E-state index contributed by atoms with van der Waals surface area (Å²) in [5, 5.41) is 2.66. The molecule has 0 fully saturated rings. The summed E-state index contributed by atoms with van der Waals surface area (Å²) in [6, 6.07) is 14.0. The number of hydrogen-bond donors (Lipinski definition) is 2. The Balaban J connectivity index is 1.58. The Hall–Kier alpha value is -2.65. The van der Waals surface area contributed by atoms with Gasteiger partial charge in [-0.05, 0) is 24.3 Å². The highest BCUT2D eigenvalue weighted by Gasteiger charge is 2.10. The fourth-order valence-electron chi connectivity index (χ4n) is 2.21. The number of nitrogens with zero attached hydrogens (tertiary/aromatic N) is 1. The van der Waals surface area contributed by atoms with Crippen LogP contribution in [0, 0.1) is 11.6 Å². The van der Waals surface area contributed by atoms with Crippen LogP contribution in [0.4, 0.5) is 14.5 Å². The van der Waals surface area contributed by atoms with Crippen LogP contribution in [0.3, 0.4) is 0 Å².